The van der Waals surface area contributed by atoms with Gasteiger partial charge < -0.3 is 12.5 Å². The van der Waals surface area contributed by atoms with E-state index in [4.69, 9.17) is 9.47 Å². The first-order valence-electron chi connectivity index (χ1n) is 5.63. The Morgan fingerprint density at radius 2 is 1.65 bits per heavy atom. The molecule has 5 nitrogen and oxygen atoms in total. The third-order valence-corrected chi connectivity index (χ3v) is 2.67. The standard InChI is InChI=1S/C14H13IO5/c1-3-10(2)18-8-9-19-13(16)11-6-4-5-7-12(11)14(17)20-15/h3-7H,1-2,8-9H2. The molecule has 1 rings (SSSR count). The molecular formula is C14H13IO5. The maximum absolute atomic E-state index is 11.9. The molecule has 0 aliphatic rings. The smallest absolute Gasteiger partial charge is 0.348 e. The SMILES string of the molecule is C=CC(=C)OCCOC(=O)c1ccccc1C(=O)OI. The molecule has 0 aromatic heterocycles. The molecule has 0 saturated heterocycles. The fraction of sp³-hybridized carbons (Fsp3) is 0.143. The molecule has 0 fully saturated rings. The molecule has 0 unspecified atom stereocenters. The number of rotatable bonds is 7. The maximum atomic E-state index is 11.9. The van der Waals surface area contributed by atoms with Crippen LogP contribution in [0.25, 0.3) is 0 Å². The zero-order valence-electron chi connectivity index (χ0n) is 10.6. The second kappa shape index (κ2) is 8.36. The van der Waals surface area contributed by atoms with Gasteiger partial charge in [-0.2, -0.15) is 0 Å². The molecule has 0 heterocycles. The van der Waals surface area contributed by atoms with Gasteiger partial charge >= 0.3 is 11.9 Å². The van der Waals surface area contributed by atoms with E-state index in [0.717, 1.165) is 0 Å². The van der Waals surface area contributed by atoms with Crippen molar-refractivity contribution >= 4 is 34.9 Å². The van der Waals surface area contributed by atoms with Crippen molar-refractivity contribution in [2.24, 2.45) is 0 Å². The lowest BCUT2D eigenvalue weighted by Gasteiger charge is -2.08. The van der Waals surface area contributed by atoms with Crippen molar-refractivity contribution in [3.63, 3.8) is 0 Å². The molecule has 106 valence electrons. The first-order valence-corrected chi connectivity index (χ1v) is 6.51. The van der Waals surface area contributed by atoms with Crippen LogP contribution in [0.1, 0.15) is 20.7 Å². The maximum Gasteiger partial charge on any atom is 0.348 e. The summed E-state index contributed by atoms with van der Waals surface area (Å²) in [7, 11) is 0. The molecule has 0 aliphatic heterocycles. The van der Waals surface area contributed by atoms with Crippen LogP contribution in [0, 0.1) is 0 Å². The van der Waals surface area contributed by atoms with Crippen molar-refractivity contribution in [1.82, 2.24) is 0 Å². The Kier molecular flexibility index (Phi) is 6.78. The minimum atomic E-state index is -0.616. The van der Waals surface area contributed by atoms with Gasteiger partial charge in [0.05, 0.1) is 11.1 Å². The summed E-state index contributed by atoms with van der Waals surface area (Å²) in [4.78, 5) is 23.4. The second-order valence-electron chi connectivity index (χ2n) is 3.57. The monoisotopic (exact) mass is 388 g/mol. The Morgan fingerprint density at radius 3 is 2.20 bits per heavy atom. The molecule has 0 aliphatic carbocycles. The van der Waals surface area contributed by atoms with E-state index in [1.54, 1.807) is 12.1 Å². The predicted octanol–water partition coefficient (Wildman–Crippen LogP) is 3.07. The Hall–Kier alpha value is -1.83. The molecule has 0 amide bonds. The average Bonchev–Trinajstić information content (AvgIpc) is 2.50. The molecule has 6 heteroatoms. The van der Waals surface area contributed by atoms with Gasteiger partial charge in [-0.1, -0.05) is 25.3 Å². The average molecular weight is 388 g/mol. The highest BCUT2D eigenvalue weighted by Crippen LogP contribution is 2.13. The number of carbonyl (C=O) groups is 2. The van der Waals surface area contributed by atoms with Crippen LogP contribution in [0.5, 0.6) is 0 Å². The van der Waals surface area contributed by atoms with Crippen LogP contribution in [0.15, 0.2) is 49.3 Å². The number of hydrogen-bond acceptors (Lipinski definition) is 5. The fourth-order valence-corrected chi connectivity index (χ4v) is 1.56. The van der Waals surface area contributed by atoms with Gasteiger partial charge in [-0.05, 0) is 18.2 Å². The number of benzene rings is 1. The molecule has 0 atom stereocenters. The molecule has 0 saturated carbocycles. The molecular weight excluding hydrogens is 375 g/mol. The lowest BCUT2D eigenvalue weighted by atomic mass is 10.1. The highest BCUT2D eigenvalue weighted by atomic mass is 127. The summed E-state index contributed by atoms with van der Waals surface area (Å²) in [5, 5.41) is 0. The van der Waals surface area contributed by atoms with Gasteiger partial charge in [0.2, 0.25) is 0 Å². The third-order valence-electron chi connectivity index (χ3n) is 2.27. The summed E-state index contributed by atoms with van der Waals surface area (Å²) in [5.41, 5.74) is 0.306. The molecule has 0 N–H and O–H groups in total. The Balaban J connectivity index is 2.62. The van der Waals surface area contributed by atoms with E-state index in [2.05, 4.69) is 16.2 Å². The van der Waals surface area contributed by atoms with Crippen LogP contribution < -0.4 is 0 Å². The van der Waals surface area contributed by atoms with Crippen molar-refractivity contribution in [2.45, 2.75) is 0 Å². The van der Waals surface area contributed by atoms with Gasteiger partial charge in [0, 0.05) is 0 Å². The van der Waals surface area contributed by atoms with Crippen molar-refractivity contribution in [2.75, 3.05) is 13.2 Å². The summed E-state index contributed by atoms with van der Waals surface area (Å²) in [6.45, 7) is 7.23. The minimum absolute atomic E-state index is 0.0410. The normalized spacial score (nSPS) is 9.45. The number of esters is 1. The molecule has 0 spiro atoms. The second-order valence-corrected chi connectivity index (χ2v) is 4.01. The van der Waals surface area contributed by atoms with Crippen molar-refractivity contribution in [3.05, 3.63) is 60.4 Å². The summed E-state index contributed by atoms with van der Waals surface area (Å²) in [6, 6.07) is 6.26. The first-order chi connectivity index (χ1) is 9.60. The van der Waals surface area contributed by atoms with Crippen LogP contribution in [-0.4, -0.2) is 25.2 Å². The number of carbonyl (C=O) groups excluding carboxylic acids is 2. The van der Waals surface area contributed by atoms with Gasteiger partial charge in [-0.15, -0.1) is 0 Å². The molecule has 0 bridgehead atoms. The fourth-order valence-electron chi connectivity index (χ4n) is 1.32. The summed E-state index contributed by atoms with van der Waals surface area (Å²) < 4.78 is 14.7. The summed E-state index contributed by atoms with van der Waals surface area (Å²) in [6.07, 6.45) is 1.45. The minimum Gasteiger partial charge on any atom is -0.491 e. The van der Waals surface area contributed by atoms with E-state index in [9.17, 15) is 9.59 Å². The van der Waals surface area contributed by atoms with E-state index >= 15 is 0 Å². The van der Waals surface area contributed by atoms with E-state index in [1.165, 1.54) is 41.2 Å². The number of halogens is 1. The molecule has 20 heavy (non-hydrogen) atoms. The van der Waals surface area contributed by atoms with Crippen molar-refractivity contribution < 1.29 is 22.1 Å². The van der Waals surface area contributed by atoms with Crippen molar-refractivity contribution in [3.8, 4) is 0 Å². The number of hydrogen-bond donors (Lipinski definition) is 0. The van der Waals surface area contributed by atoms with E-state index in [1.807, 2.05) is 0 Å². The van der Waals surface area contributed by atoms with E-state index in [-0.39, 0.29) is 24.3 Å². The van der Waals surface area contributed by atoms with Crippen LogP contribution in [0.3, 0.4) is 0 Å². The van der Waals surface area contributed by atoms with E-state index in [0.29, 0.717) is 5.76 Å². The van der Waals surface area contributed by atoms with Gasteiger partial charge in [0.25, 0.3) is 0 Å². The highest BCUT2D eigenvalue weighted by molar-refractivity contribution is 14.1. The van der Waals surface area contributed by atoms with E-state index < -0.39 is 11.9 Å². The first kappa shape index (κ1) is 16.2. The third kappa shape index (κ3) is 4.69. The summed E-state index contributed by atoms with van der Waals surface area (Å²) >= 11 is 1.46. The van der Waals surface area contributed by atoms with Crippen LogP contribution in [-0.2, 0) is 12.5 Å². The van der Waals surface area contributed by atoms with Gasteiger partial charge in [0.15, 0.2) is 23.0 Å². The largest absolute Gasteiger partial charge is 0.491 e. The number of ether oxygens (including phenoxy) is 2. The Labute approximate surface area is 130 Å². The van der Waals surface area contributed by atoms with Gasteiger partial charge in [-0.3, -0.25) is 0 Å². The number of allylic oxidation sites excluding steroid dienone is 1. The quantitative estimate of drug-likeness (QED) is 0.236. The van der Waals surface area contributed by atoms with Crippen LogP contribution >= 0.6 is 23.0 Å². The predicted molar refractivity (Wildman–Crippen MR) is 81.4 cm³/mol. The van der Waals surface area contributed by atoms with Crippen LogP contribution in [0.4, 0.5) is 0 Å². The molecule has 1 aromatic rings. The highest BCUT2D eigenvalue weighted by Gasteiger charge is 2.18. The Morgan fingerprint density at radius 1 is 1.10 bits per heavy atom. The zero-order valence-corrected chi connectivity index (χ0v) is 12.8. The molecule has 1 aromatic carbocycles. The van der Waals surface area contributed by atoms with Gasteiger partial charge in [-0.25, -0.2) is 9.59 Å². The van der Waals surface area contributed by atoms with Crippen molar-refractivity contribution in [1.29, 1.82) is 0 Å². The van der Waals surface area contributed by atoms with Gasteiger partial charge in [0.1, 0.15) is 19.0 Å². The Bertz CT molecular complexity index is 524. The molecule has 0 radical (unpaired) electrons. The summed E-state index contributed by atoms with van der Waals surface area (Å²) in [5.74, 6) is -0.820. The topological polar surface area (TPSA) is 61.8 Å². The zero-order chi connectivity index (χ0) is 15.0. The van der Waals surface area contributed by atoms with Crippen LogP contribution in [0.2, 0.25) is 0 Å². The lowest BCUT2D eigenvalue weighted by Crippen LogP contribution is -2.14. The lowest BCUT2D eigenvalue weighted by molar-refractivity contribution is 0.0403.